The van der Waals surface area contributed by atoms with E-state index in [-0.39, 0.29) is 0 Å². The van der Waals surface area contributed by atoms with Crippen LogP contribution in [0.25, 0.3) is 0 Å². The molecule has 1 aromatic rings. The number of methoxy groups -OCH3 is 1. The molecule has 2 aliphatic heterocycles. The Morgan fingerprint density at radius 2 is 1.82 bits per heavy atom. The van der Waals surface area contributed by atoms with E-state index in [1.165, 1.54) is 50.9 Å². The smallest absolute Gasteiger partial charge is 0.128 e. The van der Waals surface area contributed by atoms with Crippen LogP contribution in [0.2, 0.25) is 0 Å². The maximum atomic E-state index is 5.46. The lowest BCUT2D eigenvalue weighted by molar-refractivity contribution is 0.0353. The van der Waals surface area contributed by atoms with Crippen LogP contribution in [0.3, 0.4) is 0 Å². The number of likely N-dealkylation sites (tertiary alicyclic amines) is 1. The molecule has 2 saturated heterocycles. The summed E-state index contributed by atoms with van der Waals surface area (Å²) in [6, 6.07) is 4.32. The van der Waals surface area contributed by atoms with Crippen molar-refractivity contribution in [1.82, 2.24) is 9.88 Å². The van der Waals surface area contributed by atoms with Gasteiger partial charge in [0.1, 0.15) is 5.82 Å². The zero-order chi connectivity index (χ0) is 15.4. The lowest BCUT2D eigenvalue weighted by atomic mass is 9.95. The Balaban J connectivity index is 1.43. The number of rotatable bonds is 4. The van der Waals surface area contributed by atoms with Gasteiger partial charge >= 0.3 is 0 Å². The van der Waals surface area contributed by atoms with Crippen molar-refractivity contribution in [2.45, 2.75) is 38.7 Å². The van der Waals surface area contributed by atoms with Crippen molar-refractivity contribution < 1.29 is 4.74 Å². The number of ether oxygens (including phenoxy) is 1. The fraction of sp³-hybridized carbons (Fsp3) is 0.722. The summed E-state index contributed by atoms with van der Waals surface area (Å²) in [6.45, 7) is 8.07. The molecule has 122 valence electrons. The molecule has 2 aliphatic rings. The van der Waals surface area contributed by atoms with Crippen LogP contribution in [0.5, 0.6) is 0 Å². The van der Waals surface area contributed by atoms with Gasteiger partial charge in [-0.1, -0.05) is 6.07 Å². The number of nitrogens with zero attached hydrogens (tertiary/aromatic N) is 3. The van der Waals surface area contributed by atoms with E-state index in [1.807, 2.05) is 13.3 Å². The average Bonchev–Trinajstić information content (AvgIpc) is 2.57. The Kier molecular flexibility index (Phi) is 5.32. The molecule has 3 heterocycles. The summed E-state index contributed by atoms with van der Waals surface area (Å²) in [6.07, 6.45) is 7.44. The van der Waals surface area contributed by atoms with Crippen molar-refractivity contribution in [3.05, 3.63) is 23.9 Å². The lowest BCUT2D eigenvalue weighted by Gasteiger charge is -2.37. The second-order valence-corrected chi connectivity index (χ2v) is 6.86. The van der Waals surface area contributed by atoms with Crippen LogP contribution in [-0.4, -0.2) is 55.8 Å². The second kappa shape index (κ2) is 7.42. The molecule has 0 unspecified atom stereocenters. The van der Waals surface area contributed by atoms with E-state index in [2.05, 4.69) is 33.8 Å². The fourth-order valence-corrected chi connectivity index (χ4v) is 3.68. The first-order valence-corrected chi connectivity index (χ1v) is 8.67. The van der Waals surface area contributed by atoms with Gasteiger partial charge in [0.25, 0.3) is 0 Å². The Morgan fingerprint density at radius 1 is 1.09 bits per heavy atom. The number of aryl methyl sites for hydroxylation is 1. The quantitative estimate of drug-likeness (QED) is 0.855. The molecule has 4 nitrogen and oxygen atoms in total. The largest absolute Gasteiger partial charge is 0.381 e. The molecule has 22 heavy (non-hydrogen) atoms. The molecule has 0 N–H and O–H groups in total. The average molecular weight is 303 g/mol. The maximum Gasteiger partial charge on any atom is 0.128 e. The third-order valence-electron chi connectivity index (χ3n) is 5.22. The summed E-state index contributed by atoms with van der Waals surface area (Å²) in [4.78, 5) is 9.64. The van der Waals surface area contributed by atoms with E-state index in [0.717, 1.165) is 24.8 Å². The van der Waals surface area contributed by atoms with Gasteiger partial charge in [-0.05, 0) is 50.2 Å². The normalized spacial score (nSPS) is 22.2. The SMILES string of the molecule is COC1CCN(CC2CCN(c3ccc(C)cn3)CC2)CC1. The minimum atomic E-state index is 0.491. The van der Waals surface area contributed by atoms with Crippen LogP contribution in [0.4, 0.5) is 5.82 Å². The second-order valence-electron chi connectivity index (χ2n) is 6.86. The first-order chi connectivity index (χ1) is 10.7. The fourth-order valence-electron chi connectivity index (χ4n) is 3.68. The van der Waals surface area contributed by atoms with Crippen molar-refractivity contribution in [3.8, 4) is 0 Å². The molecule has 0 aliphatic carbocycles. The molecule has 0 aromatic carbocycles. The summed E-state index contributed by atoms with van der Waals surface area (Å²) in [7, 11) is 1.84. The van der Waals surface area contributed by atoms with Gasteiger partial charge in [0.05, 0.1) is 6.10 Å². The Hall–Kier alpha value is -1.13. The highest BCUT2D eigenvalue weighted by Gasteiger charge is 2.24. The van der Waals surface area contributed by atoms with Crippen molar-refractivity contribution in [2.24, 2.45) is 5.92 Å². The van der Waals surface area contributed by atoms with Gasteiger partial charge in [-0.2, -0.15) is 0 Å². The third-order valence-corrected chi connectivity index (χ3v) is 5.22. The highest BCUT2D eigenvalue weighted by Crippen LogP contribution is 2.24. The monoisotopic (exact) mass is 303 g/mol. The maximum absolute atomic E-state index is 5.46. The molecule has 0 bridgehead atoms. The zero-order valence-corrected chi connectivity index (χ0v) is 14.0. The summed E-state index contributed by atoms with van der Waals surface area (Å²) < 4.78 is 5.46. The van der Waals surface area contributed by atoms with Crippen LogP contribution in [0.1, 0.15) is 31.2 Å². The Bertz CT molecular complexity index is 446. The van der Waals surface area contributed by atoms with Crippen LogP contribution in [0.15, 0.2) is 18.3 Å². The molecule has 4 heteroatoms. The first-order valence-electron chi connectivity index (χ1n) is 8.67. The number of hydrogen-bond donors (Lipinski definition) is 0. The van der Waals surface area contributed by atoms with Gasteiger partial charge in [0, 0.05) is 46.0 Å². The number of aromatic nitrogens is 1. The molecule has 0 atom stereocenters. The highest BCUT2D eigenvalue weighted by molar-refractivity contribution is 5.39. The van der Waals surface area contributed by atoms with Crippen LogP contribution >= 0.6 is 0 Å². The summed E-state index contributed by atoms with van der Waals surface area (Å²) in [5.74, 6) is 1.99. The number of pyridine rings is 1. The third kappa shape index (κ3) is 3.99. The van der Waals surface area contributed by atoms with Gasteiger partial charge in [-0.25, -0.2) is 4.98 Å². The van der Waals surface area contributed by atoms with Crippen molar-refractivity contribution >= 4 is 5.82 Å². The van der Waals surface area contributed by atoms with Gasteiger partial charge in [-0.3, -0.25) is 0 Å². The van der Waals surface area contributed by atoms with Crippen LogP contribution in [-0.2, 0) is 4.74 Å². The van der Waals surface area contributed by atoms with E-state index >= 15 is 0 Å². The molecular formula is C18H29N3O. The molecule has 3 rings (SSSR count). The van der Waals surface area contributed by atoms with E-state index in [9.17, 15) is 0 Å². The first kappa shape index (κ1) is 15.8. The van der Waals surface area contributed by atoms with Gasteiger partial charge in [-0.15, -0.1) is 0 Å². The molecule has 0 spiro atoms. The van der Waals surface area contributed by atoms with E-state index in [1.54, 1.807) is 0 Å². The predicted octanol–water partition coefficient (Wildman–Crippen LogP) is 2.72. The number of piperidine rings is 2. The summed E-state index contributed by atoms with van der Waals surface area (Å²) in [5.41, 5.74) is 1.23. The minimum absolute atomic E-state index is 0.491. The van der Waals surface area contributed by atoms with Gasteiger partial charge in [0.15, 0.2) is 0 Å². The van der Waals surface area contributed by atoms with Crippen molar-refractivity contribution in [3.63, 3.8) is 0 Å². The van der Waals surface area contributed by atoms with E-state index in [4.69, 9.17) is 4.74 Å². The topological polar surface area (TPSA) is 28.6 Å². The number of anilines is 1. The van der Waals surface area contributed by atoms with Crippen molar-refractivity contribution in [1.29, 1.82) is 0 Å². The van der Waals surface area contributed by atoms with Crippen LogP contribution < -0.4 is 4.90 Å². The van der Waals surface area contributed by atoms with Crippen molar-refractivity contribution in [2.75, 3.05) is 44.7 Å². The van der Waals surface area contributed by atoms with Gasteiger partial charge < -0.3 is 14.5 Å². The molecular weight excluding hydrogens is 274 g/mol. The lowest BCUT2D eigenvalue weighted by Crippen LogP contribution is -2.42. The standard InChI is InChI=1S/C18H29N3O/c1-15-3-4-18(19-13-15)21-11-5-16(6-12-21)14-20-9-7-17(22-2)8-10-20/h3-4,13,16-17H,5-12,14H2,1-2H3. The highest BCUT2D eigenvalue weighted by atomic mass is 16.5. The summed E-state index contributed by atoms with van der Waals surface area (Å²) >= 11 is 0. The van der Waals surface area contributed by atoms with Gasteiger partial charge in [0.2, 0.25) is 0 Å². The zero-order valence-electron chi connectivity index (χ0n) is 14.0. The predicted molar refractivity (Wildman–Crippen MR) is 90.4 cm³/mol. The summed E-state index contributed by atoms with van der Waals surface area (Å²) in [5, 5.41) is 0. The minimum Gasteiger partial charge on any atom is -0.381 e. The molecule has 0 saturated carbocycles. The molecule has 2 fully saturated rings. The van der Waals surface area contributed by atoms with Crippen LogP contribution in [0, 0.1) is 12.8 Å². The van der Waals surface area contributed by atoms with E-state index < -0.39 is 0 Å². The Morgan fingerprint density at radius 3 is 2.41 bits per heavy atom. The molecule has 0 amide bonds. The molecule has 1 aromatic heterocycles. The molecule has 0 radical (unpaired) electrons. The Labute approximate surface area is 134 Å². The van der Waals surface area contributed by atoms with E-state index in [0.29, 0.717) is 6.10 Å². The number of hydrogen-bond acceptors (Lipinski definition) is 4.